The SMILES string of the molecule is CC(N)Cc1cc(C(C)C)ccc1OCC1CC1. The molecular weight excluding hydrogens is 222 g/mol. The van der Waals surface area contributed by atoms with Crippen LogP contribution in [0.5, 0.6) is 5.75 Å². The molecule has 18 heavy (non-hydrogen) atoms. The van der Waals surface area contributed by atoms with Gasteiger partial charge in [0.1, 0.15) is 5.75 Å². The number of hydrogen-bond donors (Lipinski definition) is 1. The van der Waals surface area contributed by atoms with E-state index in [1.54, 1.807) is 0 Å². The fourth-order valence-corrected chi connectivity index (χ4v) is 2.10. The van der Waals surface area contributed by atoms with Gasteiger partial charge in [0.2, 0.25) is 0 Å². The zero-order valence-electron chi connectivity index (χ0n) is 11.8. The molecule has 2 rings (SSSR count). The lowest BCUT2D eigenvalue weighted by Gasteiger charge is -2.16. The molecule has 1 fully saturated rings. The van der Waals surface area contributed by atoms with Crippen molar-refractivity contribution in [2.75, 3.05) is 6.61 Å². The van der Waals surface area contributed by atoms with E-state index in [2.05, 4.69) is 32.0 Å². The van der Waals surface area contributed by atoms with Crippen LogP contribution < -0.4 is 10.5 Å². The minimum atomic E-state index is 0.177. The molecule has 2 N–H and O–H groups in total. The molecule has 1 unspecified atom stereocenters. The molecule has 1 aliphatic carbocycles. The Morgan fingerprint density at radius 3 is 2.56 bits per heavy atom. The molecule has 1 aromatic carbocycles. The zero-order valence-corrected chi connectivity index (χ0v) is 11.8. The smallest absolute Gasteiger partial charge is 0.122 e. The lowest BCUT2D eigenvalue weighted by Crippen LogP contribution is -2.18. The highest BCUT2D eigenvalue weighted by molar-refractivity contribution is 5.39. The molecule has 1 saturated carbocycles. The number of rotatable bonds is 6. The maximum atomic E-state index is 5.94. The first-order valence-electron chi connectivity index (χ1n) is 7.07. The first-order chi connectivity index (χ1) is 8.56. The Kier molecular flexibility index (Phi) is 4.28. The van der Waals surface area contributed by atoms with Crippen molar-refractivity contribution >= 4 is 0 Å². The van der Waals surface area contributed by atoms with Crippen LogP contribution in [0.25, 0.3) is 0 Å². The Labute approximate surface area is 111 Å². The summed E-state index contributed by atoms with van der Waals surface area (Å²) in [5.74, 6) is 2.37. The van der Waals surface area contributed by atoms with Gasteiger partial charge in [-0.3, -0.25) is 0 Å². The summed E-state index contributed by atoms with van der Waals surface area (Å²) in [6, 6.07) is 6.74. The van der Waals surface area contributed by atoms with E-state index in [4.69, 9.17) is 10.5 Å². The van der Waals surface area contributed by atoms with Gasteiger partial charge in [-0.1, -0.05) is 26.0 Å². The zero-order chi connectivity index (χ0) is 13.1. The molecular formula is C16H25NO. The second-order valence-electron chi connectivity index (χ2n) is 5.96. The summed E-state index contributed by atoms with van der Waals surface area (Å²) in [5.41, 5.74) is 8.56. The fraction of sp³-hybridized carbons (Fsp3) is 0.625. The van der Waals surface area contributed by atoms with E-state index in [0.29, 0.717) is 5.92 Å². The Hall–Kier alpha value is -1.02. The van der Waals surface area contributed by atoms with Gasteiger partial charge in [0, 0.05) is 6.04 Å². The highest BCUT2D eigenvalue weighted by Crippen LogP contribution is 2.31. The maximum Gasteiger partial charge on any atom is 0.122 e. The van der Waals surface area contributed by atoms with Crippen LogP contribution in [0.3, 0.4) is 0 Å². The predicted molar refractivity (Wildman–Crippen MR) is 76.1 cm³/mol. The summed E-state index contributed by atoms with van der Waals surface area (Å²) < 4.78 is 5.94. The topological polar surface area (TPSA) is 35.2 Å². The van der Waals surface area contributed by atoms with Gasteiger partial charge in [0.25, 0.3) is 0 Å². The Bertz CT molecular complexity index is 394. The lowest BCUT2D eigenvalue weighted by molar-refractivity contribution is 0.296. The molecule has 0 radical (unpaired) electrons. The number of ether oxygens (including phenoxy) is 1. The standard InChI is InChI=1S/C16H25NO/c1-11(2)14-6-7-16(18-10-13-4-5-13)15(9-14)8-12(3)17/h6-7,9,11-13H,4-5,8,10,17H2,1-3H3. The third-order valence-electron chi connectivity index (χ3n) is 3.46. The number of nitrogens with two attached hydrogens (primary N) is 1. The minimum Gasteiger partial charge on any atom is -0.493 e. The Morgan fingerprint density at radius 2 is 2.00 bits per heavy atom. The minimum absolute atomic E-state index is 0.177. The first-order valence-corrected chi connectivity index (χ1v) is 7.07. The van der Waals surface area contributed by atoms with E-state index < -0.39 is 0 Å². The average Bonchev–Trinajstić information content (AvgIpc) is 3.10. The molecule has 1 atom stereocenters. The molecule has 2 heteroatoms. The van der Waals surface area contributed by atoms with Crippen LogP contribution in [0, 0.1) is 5.92 Å². The summed E-state index contributed by atoms with van der Waals surface area (Å²) in [6.45, 7) is 7.35. The lowest BCUT2D eigenvalue weighted by atomic mass is 9.97. The van der Waals surface area contributed by atoms with Crippen molar-refractivity contribution < 1.29 is 4.74 Å². The van der Waals surface area contributed by atoms with Gasteiger partial charge in [-0.15, -0.1) is 0 Å². The average molecular weight is 247 g/mol. The molecule has 0 heterocycles. The van der Waals surface area contributed by atoms with Gasteiger partial charge < -0.3 is 10.5 Å². The van der Waals surface area contributed by atoms with E-state index in [-0.39, 0.29) is 6.04 Å². The van der Waals surface area contributed by atoms with E-state index in [0.717, 1.165) is 24.7 Å². The molecule has 100 valence electrons. The van der Waals surface area contributed by atoms with Crippen molar-refractivity contribution in [3.8, 4) is 5.75 Å². The second kappa shape index (κ2) is 5.75. The van der Waals surface area contributed by atoms with Crippen molar-refractivity contribution in [2.45, 2.75) is 52.0 Å². The van der Waals surface area contributed by atoms with E-state index >= 15 is 0 Å². The highest BCUT2D eigenvalue weighted by Gasteiger charge is 2.22. The van der Waals surface area contributed by atoms with Crippen LogP contribution in [0.15, 0.2) is 18.2 Å². The van der Waals surface area contributed by atoms with E-state index in [1.807, 2.05) is 6.92 Å². The van der Waals surface area contributed by atoms with Crippen LogP contribution in [0.4, 0.5) is 0 Å². The molecule has 0 spiro atoms. The molecule has 0 saturated heterocycles. The van der Waals surface area contributed by atoms with Crippen LogP contribution in [0.2, 0.25) is 0 Å². The summed E-state index contributed by atoms with van der Waals surface area (Å²) in [7, 11) is 0. The molecule has 2 nitrogen and oxygen atoms in total. The van der Waals surface area contributed by atoms with Crippen molar-refractivity contribution in [3.05, 3.63) is 29.3 Å². The van der Waals surface area contributed by atoms with Crippen LogP contribution in [-0.4, -0.2) is 12.6 Å². The molecule has 0 aromatic heterocycles. The van der Waals surface area contributed by atoms with Gasteiger partial charge >= 0.3 is 0 Å². The summed E-state index contributed by atoms with van der Waals surface area (Å²) in [4.78, 5) is 0. The van der Waals surface area contributed by atoms with E-state index in [1.165, 1.54) is 24.0 Å². The summed E-state index contributed by atoms with van der Waals surface area (Å²) in [5, 5.41) is 0. The molecule has 0 bridgehead atoms. The second-order valence-corrected chi connectivity index (χ2v) is 5.96. The molecule has 0 aliphatic heterocycles. The predicted octanol–water partition coefficient (Wildman–Crippen LogP) is 3.49. The van der Waals surface area contributed by atoms with Crippen molar-refractivity contribution in [1.82, 2.24) is 0 Å². The van der Waals surface area contributed by atoms with Crippen molar-refractivity contribution in [3.63, 3.8) is 0 Å². The molecule has 0 amide bonds. The highest BCUT2D eigenvalue weighted by atomic mass is 16.5. The largest absolute Gasteiger partial charge is 0.493 e. The molecule has 1 aromatic rings. The van der Waals surface area contributed by atoms with Gasteiger partial charge in [0.05, 0.1) is 6.61 Å². The van der Waals surface area contributed by atoms with Crippen LogP contribution >= 0.6 is 0 Å². The Morgan fingerprint density at radius 1 is 1.28 bits per heavy atom. The summed E-state index contributed by atoms with van der Waals surface area (Å²) in [6.07, 6.45) is 3.54. The summed E-state index contributed by atoms with van der Waals surface area (Å²) >= 11 is 0. The van der Waals surface area contributed by atoms with Crippen LogP contribution in [-0.2, 0) is 6.42 Å². The number of hydrogen-bond acceptors (Lipinski definition) is 2. The van der Waals surface area contributed by atoms with Gasteiger partial charge in [-0.05, 0) is 55.2 Å². The van der Waals surface area contributed by atoms with Crippen molar-refractivity contribution in [2.24, 2.45) is 11.7 Å². The third-order valence-corrected chi connectivity index (χ3v) is 3.46. The third kappa shape index (κ3) is 3.74. The Balaban J connectivity index is 2.13. The normalized spacial score (nSPS) is 16.9. The molecule has 1 aliphatic rings. The van der Waals surface area contributed by atoms with E-state index in [9.17, 15) is 0 Å². The van der Waals surface area contributed by atoms with Crippen LogP contribution in [0.1, 0.15) is 50.7 Å². The van der Waals surface area contributed by atoms with Gasteiger partial charge in [-0.25, -0.2) is 0 Å². The maximum absolute atomic E-state index is 5.94. The van der Waals surface area contributed by atoms with Gasteiger partial charge in [-0.2, -0.15) is 0 Å². The van der Waals surface area contributed by atoms with Gasteiger partial charge in [0.15, 0.2) is 0 Å². The number of benzene rings is 1. The fourth-order valence-electron chi connectivity index (χ4n) is 2.10. The monoisotopic (exact) mass is 247 g/mol. The quantitative estimate of drug-likeness (QED) is 0.835. The first kappa shape index (κ1) is 13.4. The van der Waals surface area contributed by atoms with Crippen molar-refractivity contribution in [1.29, 1.82) is 0 Å².